The number of amidine groups is 1. The molecule has 0 spiro atoms. The molecule has 26 heavy (non-hydrogen) atoms. The number of ether oxygens (including phenoxy) is 1. The van der Waals surface area contributed by atoms with Gasteiger partial charge in [-0.3, -0.25) is 4.79 Å². The summed E-state index contributed by atoms with van der Waals surface area (Å²) < 4.78 is 5.19. The molecule has 0 saturated heterocycles. The van der Waals surface area contributed by atoms with Gasteiger partial charge in [0.1, 0.15) is 5.75 Å². The second kappa shape index (κ2) is 7.45. The van der Waals surface area contributed by atoms with Crippen molar-refractivity contribution in [2.45, 2.75) is 0 Å². The molecule has 0 fully saturated rings. The summed E-state index contributed by atoms with van der Waals surface area (Å²) in [4.78, 5) is 29.8. The zero-order valence-corrected chi connectivity index (χ0v) is 15.0. The van der Waals surface area contributed by atoms with E-state index >= 15 is 0 Å². The first-order chi connectivity index (χ1) is 12.5. The molecule has 1 amide bonds. The topological polar surface area (TPSA) is 79.2 Å². The van der Waals surface area contributed by atoms with Crippen molar-refractivity contribution in [1.29, 1.82) is 0 Å². The Labute approximate surface area is 154 Å². The molecular weight excluding hydrogens is 352 g/mol. The Morgan fingerprint density at radius 1 is 1.23 bits per heavy atom. The predicted octanol–water partition coefficient (Wildman–Crippen LogP) is 3.50. The van der Waals surface area contributed by atoms with Gasteiger partial charge in [-0.25, -0.2) is 4.79 Å². The monoisotopic (exact) mass is 368 g/mol. The van der Waals surface area contributed by atoms with Crippen LogP contribution < -0.4 is 9.64 Å². The minimum atomic E-state index is -1.03. The minimum absolute atomic E-state index is 0.149. The maximum atomic E-state index is 12.2. The number of methoxy groups -OCH3 is 1. The molecule has 0 radical (unpaired) electrons. The van der Waals surface area contributed by atoms with Gasteiger partial charge < -0.3 is 14.7 Å². The number of carboxylic acids is 1. The van der Waals surface area contributed by atoms with E-state index in [0.717, 1.165) is 5.56 Å². The third-order valence-electron chi connectivity index (χ3n) is 3.78. The van der Waals surface area contributed by atoms with Crippen LogP contribution in [0.25, 0.3) is 6.08 Å². The average molecular weight is 368 g/mol. The summed E-state index contributed by atoms with van der Waals surface area (Å²) in [5.74, 6) is -0.689. The maximum Gasteiger partial charge on any atom is 0.337 e. The highest BCUT2D eigenvalue weighted by molar-refractivity contribution is 8.18. The van der Waals surface area contributed by atoms with Crippen LogP contribution in [0.15, 0.2) is 58.4 Å². The number of aromatic carboxylic acids is 1. The first kappa shape index (κ1) is 17.8. The Hall–Kier alpha value is -3.06. The van der Waals surface area contributed by atoms with Crippen LogP contribution in [0.1, 0.15) is 15.9 Å². The zero-order valence-electron chi connectivity index (χ0n) is 14.2. The molecule has 1 aliphatic rings. The lowest BCUT2D eigenvalue weighted by Gasteiger charge is -2.19. The van der Waals surface area contributed by atoms with Crippen molar-refractivity contribution in [3.8, 4) is 5.75 Å². The van der Waals surface area contributed by atoms with Crippen LogP contribution in [-0.4, -0.2) is 36.3 Å². The van der Waals surface area contributed by atoms with Gasteiger partial charge in [-0.1, -0.05) is 24.3 Å². The van der Waals surface area contributed by atoms with Crippen molar-refractivity contribution >= 4 is 40.6 Å². The molecule has 1 heterocycles. The number of hydrogen-bond acceptors (Lipinski definition) is 5. The zero-order chi connectivity index (χ0) is 18.7. The average Bonchev–Trinajstić information content (AvgIpc) is 3.01. The predicted molar refractivity (Wildman–Crippen MR) is 103 cm³/mol. The van der Waals surface area contributed by atoms with E-state index in [1.54, 1.807) is 43.3 Å². The molecule has 3 rings (SSSR count). The van der Waals surface area contributed by atoms with Gasteiger partial charge in [0.2, 0.25) is 0 Å². The third-order valence-corrected chi connectivity index (χ3v) is 4.84. The molecule has 6 nitrogen and oxygen atoms in total. The van der Waals surface area contributed by atoms with Crippen LogP contribution in [0.2, 0.25) is 0 Å². The number of carbonyl (C=O) groups is 2. The van der Waals surface area contributed by atoms with Crippen LogP contribution in [0, 0.1) is 0 Å². The lowest BCUT2D eigenvalue weighted by molar-refractivity contribution is -0.113. The van der Waals surface area contributed by atoms with Crippen molar-refractivity contribution < 1.29 is 19.4 Å². The lowest BCUT2D eigenvalue weighted by atomic mass is 10.1. The molecule has 1 N–H and O–H groups in total. The van der Waals surface area contributed by atoms with Gasteiger partial charge in [-0.2, -0.15) is 4.99 Å². The van der Waals surface area contributed by atoms with Gasteiger partial charge in [0.05, 0.1) is 23.3 Å². The number of thioether (sulfide) groups is 1. The SMILES string of the molecule is COc1cccc(/C=C2\SC(N(C)c3ccccc3C(=O)O)=NC2=O)c1. The maximum absolute atomic E-state index is 12.2. The van der Waals surface area contributed by atoms with Crippen molar-refractivity contribution in [1.82, 2.24) is 0 Å². The van der Waals surface area contributed by atoms with Crippen LogP contribution >= 0.6 is 11.8 Å². The summed E-state index contributed by atoms with van der Waals surface area (Å²) in [6.07, 6.45) is 1.74. The second-order valence-corrected chi connectivity index (χ2v) is 6.48. The number of amides is 1. The largest absolute Gasteiger partial charge is 0.497 e. The number of para-hydroxylation sites is 1. The molecule has 0 saturated carbocycles. The van der Waals surface area contributed by atoms with Crippen LogP contribution in [-0.2, 0) is 4.79 Å². The normalized spacial score (nSPS) is 15.1. The molecule has 132 valence electrons. The summed E-state index contributed by atoms with van der Waals surface area (Å²) in [7, 11) is 3.27. The van der Waals surface area contributed by atoms with Gasteiger partial charge in [0.25, 0.3) is 5.91 Å². The van der Waals surface area contributed by atoms with E-state index in [1.807, 2.05) is 24.3 Å². The first-order valence-corrected chi connectivity index (χ1v) is 8.54. The number of anilines is 1. The van der Waals surface area contributed by atoms with Crippen LogP contribution in [0.5, 0.6) is 5.75 Å². The van der Waals surface area contributed by atoms with Gasteiger partial charge in [-0.05, 0) is 47.7 Å². The van der Waals surface area contributed by atoms with Crippen molar-refractivity contribution in [2.75, 3.05) is 19.1 Å². The van der Waals surface area contributed by atoms with Gasteiger partial charge in [-0.15, -0.1) is 0 Å². The van der Waals surface area contributed by atoms with Crippen molar-refractivity contribution in [3.05, 3.63) is 64.6 Å². The molecule has 2 aromatic carbocycles. The Morgan fingerprint density at radius 2 is 2.00 bits per heavy atom. The van der Waals surface area contributed by atoms with Gasteiger partial charge in [0, 0.05) is 7.05 Å². The number of benzene rings is 2. The summed E-state index contributed by atoms with van der Waals surface area (Å²) in [5, 5.41) is 9.77. The van der Waals surface area contributed by atoms with E-state index in [1.165, 1.54) is 17.8 Å². The highest BCUT2D eigenvalue weighted by Crippen LogP contribution is 2.33. The minimum Gasteiger partial charge on any atom is -0.497 e. The number of carboxylic acid groups (broad SMARTS) is 1. The highest BCUT2D eigenvalue weighted by Gasteiger charge is 2.26. The number of hydrogen-bond donors (Lipinski definition) is 1. The summed E-state index contributed by atoms with van der Waals surface area (Å²) in [5.41, 5.74) is 1.45. The number of carbonyl (C=O) groups excluding carboxylic acids is 1. The van der Waals surface area contributed by atoms with Gasteiger partial charge >= 0.3 is 5.97 Å². The molecule has 0 unspecified atom stereocenters. The fourth-order valence-corrected chi connectivity index (χ4v) is 3.36. The van der Waals surface area contributed by atoms with Crippen LogP contribution in [0.4, 0.5) is 5.69 Å². The Morgan fingerprint density at radius 3 is 2.73 bits per heavy atom. The third kappa shape index (κ3) is 3.62. The standard InChI is InChI=1S/C19H16N2O4S/c1-21(15-9-4-3-8-14(15)18(23)24)19-20-17(22)16(26-19)11-12-6-5-7-13(10-12)25-2/h3-11H,1-2H3,(H,23,24)/b16-11-. The van der Waals surface area contributed by atoms with E-state index in [-0.39, 0.29) is 11.5 Å². The molecule has 7 heteroatoms. The molecular formula is C19H16N2O4S. The fourth-order valence-electron chi connectivity index (χ4n) is 2.47. The molecule has 1 aliphatic heterocycles. The summed E-state index contributed by atoms with van der Waals surface area (Å²) in [6, 6.07) is 13.9. The Kier molecular flexibility index (Phi) is 5.09. The second-order valence-electron chi connectivity index (χ2n) is 5.47. The summed E-state index contributed by atoms with van der Waals surface area (Å²) in [6.45, 7) is 0. The number of rotatable bonds is 4. The van der Waals surface area contributed by atoms with Crippen molar-refractivity contribution in [2.24, 2.45) is 4.99 Å². The molecule has 0 atom stereocenters. The van der Waals surface area contributed by atoms with E-state index in [4.69, 9.17) is 4.74 Å². The summed E-state index contributed by atoms with van der Waals surface area (Å²) >= 11 is 1.20. The van der Waals surface area contributed by atoms with E-state index < -0.39 is 5.97 Å². The number of aliphatic imine (C=N–C) groups is 1. The fraction of sp³-hybridized carbons (Fsp3) is 0.105. The number of nitrogens with zero attached hydrogens (tertiary/aromatic N) is 2. The lowest BCUT2D eigenvalue weighted by Crippen LogP contribution is -2.24. The van der Waals surface area contributed by atoms with Crippen molar-refractivity contribution in [3.63, 3.8) is 0 Å². The Balaban J connectivity index is 1.86. The first-order valence-electron chi connectivity index (χ1n) is 7.72. The van der Waals surface area contributed by atoms with E-state index in [9.17, 15) is 14.7 Å². The molecule has 0 bridgehead atoms. The van der Waals surface area contributed by atoms with E-state index in [0.29, 0.717) is 21.5 Å². The van der Waals surface area contributed by atoms with E-state index in [2.05, 4.69) is 4.99 Å². The quantitative estimate of drug-likeness (QED) is 0.832. The van der Waals surface area contributed by atoms with Gasteiger partial charge in [0.15, 0.2) is 5.17 Å². The highest BCUT2D eigenvalue weighted by atomic mass is 32.2. The Bertz CT molecular complexity index is 937. The van der Waals surface area contributed by atoms with Crippen LogP contribution in [0.3, 0.4) is 0 Å². The molecule has 0 aliphatic carbocycles. The molecule has 2 aromatic rings. The smallest absolute Gasteiger partial charge is 0.337 e. The molecule has 0 aromatic heterocycles.